The minimum atomic E-state index is -1.45. The predicted molar refractivity (Wildman–Crippen MR) is 91.7 cm³/mol. The van der Waals surface area contributed by atoms with Gasteiger partial charge in [-0.3, -0.25) is 4.79 Å². The van der Waals surface area contributed by atoms with Crippen molar-refractivity contribution in [3.63, 3.8) is 0 Å². The van der Waals surface area contributed by atoms with Crippen molar-refractivity contribution in [1.29, 1.82) is 0 Å². The number of furan rings is 1. The van der Waals surface area contributed by atoms with Crippen LogP contribution < -0.4 is 0 Å². The summed E-state index contributed by atoms with van der Waals surface area (Å²) in [6.07, 6.45) is -1.45. The Balaban J connectivity index is 1.84. The average Bonchev–Trinajstić information content (AvgIpc) is 3.10. The lowest BCUT2D eigenvalue weighted by atomic mass is 10.0. The van der Waals surface area contributed by atoms with Gasteiger partial charge < -0.3 is 14.3 Å². The second-order valence-corrected chi connectivity index (χ2v) is 5.47. The Labute approximate surface area is 144 Å². The van der Waals surface area contributed by atoms with Gasteiger partial charge in [0.15, 0.2) is 5.76 Å². The third-order valence-corrected chi connectivity index (χ3v) is 3.67. The van der Waals surface area contributed by atoms with E-state index in [0.717, 1.165) is 23.6 Å². The van der Waals surface area contributed by atoms with E-state index >= 15 is 0 Å². The van der Waals surface area contributed by atoms with Gasteiger partial charge >= 0.3 is 11.9 Å². The number of aliphatic carboxylic acids is 1. The summed E-state index contributed by atoms with van der Waals surface area (Å²) in [5.74, 6) is -1.38. The van der Waals surface area contributed by atoms with Crippen LogP contribution in [0, 0.1) is 0 Å². The van der Waals surface area contributed by atoms with Gasteiger partial charge in [0.1, 0.15) is 5.76 Å². The molecule has 25 heavy (non-hydrogen) atoms. The highest BCUT2D eigenvalue weighted by Gasteiger charge is 2.26. The SMILES string of the molecule is CC(=O)OC(C(=O)O)c1ccc(-c2ccc(-c3ccccc3)cc2)o1. The number of carbonyl (C=O) groups excluding carboxylic acids is 1. The number of carbonyl (C=O) groups is 2. The minimum absolute atomic E-state index is 0.0739. The first-order chi connectivity index (χ1) is 12.0. The normalized spacial score (nSPS) is 11.7. The number of carboxylic acid groups (broad SMARTS) is 1. The van der Waals surface area contributed by atoms with Crippen LogP contribution >= 0.6 is 0 Å². The summed E-state index contributed by atoms with van der Waals surface area (Å²) in [6, 6.07) is 20.8. The van der Waals surface area contributed by atoms with Gasteiger partial charge in [-0.15, -0.1) is 0 Å². The molecule has 0 radical (unpaired) electrons. The molecule has 1 atom stereocenters. The van der Waals surface area contributed by atoms with Gasteiger partial charge in [0.05, 0.1) is 0 Å². The lowest BCUT2D eigenvalue weighted by Gasteiger charge is -2.09. The molecule has 1 heterocycles. The zero-order valence-electron chi connectivity index (χ0n) is 13.5. The number of hydrogen-bond acceptors (Lipinski definition) is 4. The third kappa shape index (κ3) is 3.77. The maximum absolute atomic E-state index is 11.2. The molecule has 3 aromatic rings. The van der Waals surface area contributed by atoms with Gasteiger partial charge in [0.25, 0.3) is 6.10 Å². The summed E-state index contributed by atoms with van der Waals surface area (Å²) in [7, 11) is 0. The summed E-state index contributed by atoms with van der Waals surface area (Å²) in [6.45, 7) is 1.15. The molecule has 0 spiro atoms. The monoisotopic (exact) mass is 336 g/mol. The fourth-order valence-electron chi connectivity index (χ4n) is 2.50. The zero-order chi connectivity index (χ0) is 17.8. The van der Waals surface area contributed by atoms with Crippen LogP contribution in [-0.2, 0) is 14.3 Å². The first-order valence-corrected chi connectivity index (χ1v) is 7.70. The second-order valence-electron chi connectivity index (χ2n) is 5.47. The van der Waals surface area contributed by atoms with Crippen LogP contribution in [0.25, 0.3) is 22.5 Å². The predicted octanol–water partition coefficient (Wildman–Crippen LogP) is 4.30. The Hall–Kier alpha value is -3.34. The summed E-state index contributed by atoms with van der Waals surface area (Å²) in [4.78, 5) is 22.3. The highest BCUT2D eigenvalue weighted by atomic mass is 16.6. The zero-order valence-corrected chi connectivity index (χ0v) is 13.5. The van der Waals surface area contributed by atoms with Crippen LogP contribution in [0.2, 0.25) is 0 Å². The molecule has 0 aliphatic carbocycles. The van der Waals surface area contributed by atoms with Crippen molar-refractivity contribution in [1.82, 2.24) is 0 Å². The fourth-order valence-corrected chi connectivity index (χ4v) is 2.50. The molecule has 0 bridgehead atoms. The Kier molecular flexibility index (Phi) is 4.66. The molecular weight excluding hydrogens is 320 g/mol. The van der Waals surface area contributed by atoms with Crippen LogP contribution in [0.4, 0.5) is 0 Å². The number of esters is 1. The van der Waals surface area contributed by atoms with E-state index < -0.39 is 18.0 Å². The van der Waals surface area contributed by atoms with Gasteiger partial charge in [0, 0.05) is 12.5 Å². The van der Waals surface area contributed by atoms with E-state index in [1.54, 1.807) is 6.07 Å². The number of ether oxygens (including phenoxy) is 1. The first-order valence-electron chi connectivity index (χ1n) is 7.70. The van der Waals surface area contributed by atoms with Crippen molar-refractivity contribution in [2.45, 2.75) is 13.0 Å². The van der Waals surface area contributed by atoms with E-state index in [9.17, 15) is 14.7 Å². The molecule has 5 nitrogen and oxygen atoms in total. The van der Waals surface area contributed by atoms with Crippen molar-refractivity contribution in [3.05, 3.63) is 72.5 Å². The quantitative estimate of drug-likeness (QED) is 0.703. The number of carboxylic acids is 1. The molecule has 0 aliphatic heterocycles. The molecule has 0 saturated heterocycles. The number of hydrogen-bond donors (Lipinski definition) is 1. The van der Waals surface area contributed by atoms with Crippen molar-refractivity contribution in [2.75, 3.05) is 0 Å². The van der Waals surface area contributed by atoms with Crippen LogP contribution in [0.3, 0.4) is 0 Å². The van der Waals surface area contributed by atoms with Gasteiger partial charge in [-0.05, 0) is 23.3 Å². The van der Waals surface area contributed by atoms with E-state index in [-0.39, 0.29) is 5.76 Å². The van der Waals surface area contributed by atoms with E-state index in [1.807, 2.05) is 54.6 Å². The largest absolute Gasteiger partial charge is 0.478 e. The van der Waals surface area contributed by atoms with Crippen molar-refractivity contribution >= 4 is 11.9 Å². The standard InChI is InChI=1S/C20H16O5/c1-13(21)24-19(20(22)23)18-12-11-17(25-18)16-9-7-15(8-10-16)14-5-3-2-4-6-14/h2-12,19H,1H3,(H,22,23). The lowest BCUT2D eigenvalue weighted by molar-refractivity contribution is -0.164. The molecule has 0 saturated carbocycles. The van der Waals surface area contributed by atoms with E-state index in [1.165, 1.54) is 6.07 Å². The van der Waals surface area contributed by atoms with Gasteiger partial charge in [-0.1, -0.05) is 54.6 Å². The average molecular weight is 336 g/mol. The minimum Gasteiger partial charge on any atom is -0.478 e. The Morgan fingerprint density at radius 1 is 0.880 bits per heavy atom. The van der Waals surface area contributed by atoms with Crippen LogP contribution in [0.15, 0.2) is 71.1 Å². The van der Waals surface area contributed by atoms with E-state index in [4.69, 9.17) is 9.15 Å². The number of benzene rings is 2. The Morgan fingerprint density at radius 2 is 1.48 bits per heavy atom. The molecule has 5 heteroatoms. The van der Waals surface area contributed by atoms with Crippen LogP contribution in [0.1, 0.15) is 18.8 Å². The number of rotatable bonds is 5. The molecule has 0 fully saturated rings. The molecule has 0 aliphatic rings. The molecule has 1 N–H and O–H groups in total. The molecule has 2 aromatic carbocycles. The Morgan fingerprint density at radius 3 is 2.08 bits per heavy atom. The topological polar surface area (TPSA) is 76.7 Å². The molecule has 0 amide bonds. The molecule has 126 valence electrons. The van der Waals surface area contributed by atoms with Crippen molar-refractivity contribution in [3.8, 4) is 22.5 Å². The summed E-state index contributed by atoms with van der Waals surface area (Å²) in [5, 5.41) is 9.18. The highest BCUT2D eigenvalue weighted by molar-refractivity contribution is 5.78. The lowest BCUT2D eigenvalue weighted by Crippen LogP contribution is -2.17. The van der Waals surface area contributed by atoms with E-state index in [2.05, 4.69) is 0 Å². The van der Waals surface area contributed by atoms with Crippen molar-refractivity contribution < 1.29 is 23.8 Å². The molecular formula is C20H16O5. The van der Waals surface area contributed by atoms with Crippen molar-refractivity contribution in [2.24, 2.45) is 0 Å². The molecule has 1 unspecified atom stereocenters. The summed E-state index contributed by atoms with van der Waals surface area (Å²) in [5.41, 5.74) is 2.98. The summed E-state index contributed by atoms with van der Waals surface area (Å²) < 4.78 is 10.4. The first kappa shape index (κ1) is 16.5. The highest BCUT2D eigenvalue weighted by Crippen LogP contribution is 2.29. The summed E-state index contributed by atoms with van der Waals surface area (Å²) >= 11 is 0. The Bertz CT molecular complexity index is 878. The van der Waals surface area contributed by atoms with Crippen LogP contribution in [-0.4, -0.2) is 17.0 Å². The van der Waals surface area contributed by atoms with Gasteiger partial charge in [-0.2, -0.15) is 0 Å². The third-order valence-electron chi connectivity index (χ3n) is 3.67. The maximum atomic E-state index is 11.2. The van der Waals surface area contributed by atoms with E-state index in [0.29, 0.717) is 5.76 Å². The van der Waals surface area contributed by atoms with Gasteiger partial charge in [0.2, 0.25) is 0 Å². The van der Waals surface area contributed by atoms with Gasteiger partial charge in [-0.25, -0.2) is 4.79 Å². The maximum Gasteiger partial charge on any atom is 0.353 e. The fraction of sp³-hybridized carbons (Fsp3) is 0.100. The smallest absolute Gasteiger partial charge is 0.353 e. The van der Waals surface area contributed by atoms with Crippen LogP contribution in [0.5, 0.6) is 0 Å². The molecule has 1 aromatic heterocycles. The molecule has 3 rings (SSSR count). The second kappa shape index (κ2) is 7.05.